The molecule has 6 heteroatoms. The minimum atomic E-state index is -2.93. The van der Waals surface area contributed by atoms with Crippen LogP contribution in [0.5, 0.6) is 0 Å². The maximum absolute atomic E-state index is 10.9. The second-order valence-corrected chi connectivity index (χ2v) is 7.09. The molecular weight excluding hydrogens is 230 g/mol. The van der Waals surface area contributed by atoms with E-state index < -0.39 is 9.84 Å². The Hall–Kier alpha value is -0.170. The van der Waals surface area contributed by atoms with Crippen LogP contribution < -0.4 is 5.32 Å². The molecule has 1 fully saturated rings. The molecule has 1 aliphatic rings. The van der Waals surface area contributed by atoms with Crippen LogP contribution in [-0.4, -0.2) is 58.4 Å². The highest BCUT2D eigenvalue weighted by molar-refractivity contribution is 7.90. The van der Waals surface area contributed by atoms with Gasteiger partial charge in [0.05, 0.1) is 30.7 Å². The van der Waals surface area contributed by atoms with Crippen molar-refractivity contribution in [3.05, 3.63) is 0 Å². The number of nitrogens with one attached hydrogen (secondary N) is 1. The van der Waals surface area contributed by atoms with Crippen LogP contribution in [0.25, 0.3) is 0 Å². The van der Waals surface area contributed by atoms with Crippen LogP contribution in [0.4, 0.5) is 0 Å². The summed E-state index contributed by atoms with van der Waals surface area (Å²) in [6.07, 6.45) is 1.21. The van der Waals surface area contributed by atoms with E-state index >= 15 is 0 Å². The van der Waals surface area contributed by atoms with E-state index in [1.54, 1.807) is 0 Å². The minimum Gasteiger partial charge on any atom is -0.378 e. The fourth-order valence-corrected chi connectivity index (χ4v) is 2.01. The maximum atomic E-state index is 10.9. The van der Waals surface area contributed by atoms with Crippen LogP contribution in [0.1, 0.15) is 13.8 Å². The lowest BCUT2D eigenvalue weighted by Crippen LogP contribution is -2.51. The summed E-state index contributed by atoms with van der Waals surface area (Å²) < 4.78 is 32.8. The third-order valence-corrected chi connectivity index (χ3v) is 3.22. The molecule has 0 amide bonds. The second-order valence-electron chi connectivity index (χ2n) is 4.84. The van der Waals surface area contributed by atoms with E-state index in [4.69, 9.17) is 9.47 Å². The summed E-state index contributed by atoms with van der Waals surface area (Å²) in [5.41, 5.74) is -0.177. The number of sulfone groups is 1. The fraction of sp³-hybridized carbons (Fsp3) is 1.00. The maximum Gasteiger partial charge on any atom is 0.149 e. The lowest BCUT2D eigenvalue weighted by atomic mass is 10.1. The molecule has 16 heavy (non-hydrogen) atoms. The Morgan fingerprint density at radius 1 is 1.50 bits per heavy atom. The Morgan fingerprint density at radius 3 is 2.75 bits per heavy atom. The first-order valence-electron chi connectivity index (χ1n) is 5.42. The quantitative estimate of drug-likeness (QED) is 0.686. The van der Waals surface area contributed by atoms with Crippen molar-refractivity contribution in [1.29, 1.82) is 0 Å². The highest BCUT2D eigenvalue weighted by atomic mass is 32.2. The predicted octanol–water partition coefficient (Wildman–Crippen LogP) is -0.185. The van der Waals surface area contributed by atoms with Gasteiger partial charge in [-0.25, -0.2) is 8.42 Å². The highest BCUT2D eigenvalue weighted by Gasteiger charge is 2.28. The highest BCUT2D eigenvalue weighted by Crippen LogP contribution is 2.15. The van der Waals surface area contributed by atoms with Gasteiger partial charge in [0.25, 0.3) is 0 Å². The Labute approximate surface area is 97.4 Å². The van der Waals surface area contributed by atoms with E-state index in [1.165, 1.54) is 6.26 Å². The lowest BCUT2D eigenvalue weighted by Gasteiger charge is -2.36. The molecule has 0 radical (unpaired) electrons. The van der Waals surface area contributed by atoms with Crippen molar-refractivity contribution < 1.29 is 17.9 Å². The molecule has 1 unspecified atom stereocenters. The molecule has 96 valence electrons. The Balaban J connectivity index is 2.18. The molecule has 0 aromatic carbocycles. The van der Waals surface area contributed by atoms with Crippen LogP contribution >= 0.6 is 0 Å². The summed E-state index contributed by atoms with van der Waals surface area (Å²) in [4.78, 5) is 0. The summed E-state index contributed by atoms with van der Waals surface area (Å²) in [5.74, 6) is 0.0660. The summed E-state index contributed by atoms with van der Waals surface area (Å²) in [6, 6.07) is 0. The van der Waals surface area contributed by atoms with Crippen LogP contribution in [0.2, 0.25) is 0 Å². The van der Waals surface area contributed by atoms with Gasteiger partial charge in [0.1, 0.15) is 9.84 Å². The zero-order chi connectivity index (χ0) is 12.2. The number of rotatable bonds is 5. The van der Waals surface area contributed by atoms with Gasteiger partial charge in [0, 0.05) is 19.3 Å². The number of hydrogen-bond donors (Lipinski definition) is 1. The Morgan fingerprint density at radius 2 is 2.19 bits per heavy atom. The van der Waals surface area contributed by atoms with Crippen molar-refractivity contribution in [3.63, 3.8) is 0 Å². The Kier molecular flexibility index (Phi) is 4.73. The molecule has 1 N–H and O–H groups in total. The zero-order valence-electron chi connectivity index (χ0n) is 10.2. The van der Waals surface area contributed by atoms with Gasteiger partial charge in [0.2, 0.25) is 0 Å². The van der Waals surface area contributed by atoms with Crippen molar-refractivity contribution in [2.75, 3.05) is 38.3 Å². The van der Waals surface area contributed by atoms with Crippen LogP contribution in [0.3, 0.4) is 0 Å². The van der Waals surface area contributed by atoms with Gasteiger partial charge in [-0.3, -0.25) is 0 Å². The number of morpholine rings is 1. The summed E-state index contributed by atoms with van der Waals surface area (Å²) in [6.45, 7) is 6.28. The van der Waals surface area contributed by atoms with Gasteiger partial charge in [0.15, 0.2) is 0 Å². The fourth-order valence-electron chi connectivity index (χ4n) is 1.59. The summed E-state index contributed by atoms with van der Waals surface area (Å²) in [5, 5.41) is 3.26. The van der Waals surface area contributed by atoms with Gasteiger partial charge in [-0.2, -0.15) is 0 Å². The third kappa shape index (κ3) is 5.79. The molecule has 0 aromatic heterocycles. The van der Waals surface area contributed by atoms with Gasteiger partial charge in [-0.05, 0) is 13.8 Å². The predicted molar refractivity (Wildman–Crippen MR) is 62.4 cm³/mol. The molecule has 0 saturated carbocycles. The van der Waals surface area contributed by atoms with E-state index in [-0.39, 0.29) is 24.1 Å². The first-order chi connectivity index (χ1) is 7.29. The molecular formula is C10H21NO4S. The molecule has 1 saturated heterocycles. The van der Waals surface area contributed by atoms with Crippen molar-refractivity contribution in [2.24, 2.45) is 0 Å². The van der Waals surface area contributed by atoms with Crippen molar-refractivity contribution in [3.8, 4) is 0 Å². The summed E-state index contributed by atoms with van der Waals surface area (Å²) in [7, 11) is -2.93. The number of ether oxygens (including phenoxy) is 2. The molecule has 0 spiro atoms. The van der Waals surface area contributed by atoms with Crippen LogP contribution in [-0.2, 0) is 19.3 Å². The first-order valence-corrected chi connectivity index (χ1v) is 7.49. The SMILES string of the molecule is CC1(C)CNCC(COCCS(C)(=O)=O)O1. The van der Waals surface area contributed by atoms with Gasteiger partial charge in [-0.1, -0.05) is 0 Å². The van der Waals surface area contributed by atoms with Gasteiger partial charge < -0.3 is 14.8 Å². The minimum absolute atomic E-state index is 0.00307. The lowest BCUT2D eigenvalue weighted by molar-refractivity contribution is -0.119. The van der Waals surface area contributed by atoms with Gasteiger partial charge >= 0.3 is 0 Å². The average molecular weight is 251 g/mol. The molecule has 5 nitrogen and oxygen atoms in total. The molecule has 1 aliphatic heterocycles. The monoisotopic (exact) mass is 251 g/mol. The van der Waals surface area contributed by atoms with E-state index in [1.807, 2.05) is 13.8 Å². The third-order valence-electron chi connectivity index (χ3n) is 2.31. The van der Waals surface area contributed by atoms with Crippen molar-refractivity contribution >= 4 is 9.84 Å². The average Bonchev–Trinajstić information content (AvgIpc) is 2.09. The van der Waals surface area contributed by atoms with Crippen molar-refractivity contribution in [1.82, 2.24) is 5.32 Å². The van der Waals surface area contributed by atoms with E-state index in [0.29, 0.717) is 6.61 Å². The topological polar surface area (TPSA) is 64.6 Å². The normalized spacial score (nSPS) is 25.6. The Bertz CT molecular complexity index is 313. The van der Waals surface area contributed by atoms with Crippen LogP contribution in [0.15, 0.2) is 0 Å². The first kappa shape index (κ1) is 13.9. The molecule has 1 heterocycles. The van der Waals surface area contributed by atoms with Crippen LogP contribution in [0, 0.1) is 0 Å². The molecule has 0 bridgehead atoms. The summed E-state index contributed by atoms with van der Waals surface area (Å²) >= 11 is 0. The second kappa shape index (κ2) is 5.44. The smallest absolute Gasteiger partial charge is 0.149 e. The molecule has 1 atom stereocenters. The van der Waals surface area contributed by atoms with E-state index in [0.717, 1.165) is 13.1 Å². The standard InChI is InChI=1S/C10H21NO4S/c1-10(2)8-11-6-9(15-10)7-14-4-5-16(3,12)13/h9,11H,4-8H2,1-3H3. The number of hydrogen-bond acceptors (Lipinski definition) is 5. The largest absolute Gasteiger partial charge is 0.378 e. The molecule has 1 rings (SSSR count). The zero-order valence-corrected chi connectivity index (χ0v) is 11.0. The van der Waals surface area contributed by atoms with E-state index in [9.17, 15) is 8.42 Å². The molecule has 0 aromatic rings. The van der Waals surface area contributed by atoms with E-state index in [2.05, 4.69) is 5.32 Å². The van der Waals surface area contributed by atoms with Gasteiger partial charge in [-0.15, -0.1) is 0 Å². The molecule has 0 aliphatic carbocycles. The van der Waals surface area contributed by atoms with Crippen molar-refractivity contribution in [2.45, 2.75) is 25.6 Å².